The van der Waals surface area contributed by atoms with Gasteiger partial charge < -0.3 is 10.4 Å². The molecule has 0 amide bonds. The lowest BCUT2D eigenvalue weighted by molar-refractivity contribution is -0.383. The van der Waals surface area contributed by atoms with Crippen molar-refractivity contribution in [3.63, 3.8) is 0 Å². The number of nitrogens with zero attached hydrogens (tertiary/aromatic N) is 2. The molecule has 0 bridgehead atoms. The fourth-order valence-corrected chi connectivity index (χ4v) is 2.94. The van der Waals surface area contributed by atoms with Crippen molar-refractivity contribution in [1.29, 1.82) is 0 Å². The van der Waals surface area contributed by atoms with E-state index in [2.05, 4.69) is 10.3 Å². The Kier molecular flexibility index (Phi) is 4.43. The third-order valence-corrected chi connectivity index (χ3v) is 4.29. The second-order valence-corrected chi connectivity index (χ2v) is 7.05. The summed E-state index contributed by atoms with van der Waals surface area (Å²) in [6, 6.07) is 3.30. The van der Waals surface area contributed by atoms with Crippen molar-refractivity contribution in [3.8, 4) is 0 Å². The van der Waals surface area contributed by atoms with E-state index in [1.807, 2.05) is 20.8 Å². The molecule has 7 heteroatoms. The molecule has 2 aromatic rings. The lowest BCUT2D eigenvalue weighted by atomic mass is 9.89. The highest BCUT2D eigenvalue weighted by Gasteiger charge is 2.21. The second kappa shape index (κ2) is 5.95. The first-order valence-corrected chi connectivity index (χ1v) is 7.54. The number of nitro groups is 1. The predicted molar refractivity (Wildman–Crippen MR) is 85.0 cm³/mol. The molecule has 0 saturated heterocycles. The maximum Gasteiger partial charge on any atom is 0.293 e. The number of benzene rings is 1. The molecule has 21 heavy (non-hydrogen) atoms. The number of rotatable bonds is 6. The number of aromatic nitrogens is 1. The largest absolute Gasteiger partial charge is 0.396 e. The first kappa shape index (κ1) is 15.7. The average molecular weight is 309 g/mol. The van der Waals surface area contributed by atoms with Gasteiger partial charge in [-0.2, -0.15) is 0 Å². The summed E-state index contributed by atoms with van der Waals surface area (Å²) in [6.45, 7) is 6.54. The number of thiazole rings is 1. The van der Waals surface area contributed by atoms with Gasteiger partial charge in [-0.15, -0.1) is 11.3 Å². The zero-order valence-corrected chi connectivity index (χ0v) is 13.2. The maximum absolute atomic E-state index is 11.2. The summed E-state index contributed by atoms with van der Waals surface area (Å²) < 4.78 is 0.819. The normalized spacial score (nSPS) is 11.8. The molecule has 0 aliphatic heterocycles. The number of nitrogens with one attached hydrogen (secondary N) is 1. The number of hydrogen-bond donors (Lipinski definition) is 2. The fraction of sp³-hybridized carbons (Fsp3) is 0.500. The van der Waals surface area contributed by atoms with E-state index in [-0.39, 0.29) is 22.6 Å². The van der Waals surface area contributed by atoms with Gasteiger partial charge in [0.1, 0.15) is 5.69 Å². The molecule has 2 rings (SSSR count). The third kappa shape index (κ3) is 3.68. The number of nitro benzene ring substituents is 1. The molecule has 114 valence electrons. The van der Waals surface area contributed by atoms with Crippen molar-refractivity contribution < 1.29 is 10.0 Å². The molecule has 1 aromatic carbocycles. The molecular formula is C14H19N3O3S. The minimum atomic E-state index is -0.379. The quantitative estimate of drug-likeness (QED) is 0.631. The highest BCUT2D eigenvalue weighted by atomic mass is 32.1. The number of aliphatic hydroxyl groups is 1. The van der Waals surface area contributed by atoms with E-state index in [1.165, 1.54) is 11.3 Å². The highest BCUT2D eigenvalue weighted by molar-refractivity contribution is 7.18. The maximum atomic E-state index is 11.2. The monoisotopic (exact) mass is 309 g/mol. The summed E-state index contributed by atoms with van der Waals surface area (Å²) >= 11 is 1.45. The predicted octanol–water partition coefficient (Wildman–Crippen LogP) is 3.33. The molecule has 0 aliphatic carbocycles. The summed E-state index contributed by atoms with van der Waals surface area (Å²) in [7, 11) is 0. The van der Waals surface area contributed by atoms with Crippen LogP contribution in [-0.2, 0) is 0 Å². The van der Waals surface area contributed by atoms with Gasteiger partial charge in [-0.25, -0.2) is 4.98 Å². The number of fused-ring (bicyclic) bond motifs is 1. The molecule has 2 N–H and O–H groups in total. The number of hydrogen-bond acceptors (Lipinski definition) is 6. The Bertz CT molecular complexity index is 667. The van der Waals surface area contributed by atoms with Crippen LogP contribution in [0.25, 0.3) is 10.2 Å². The average Bonchev–Trinajstić information content (AvgIpc) is 2.74. The Morgan fingerprint density at radius 2 is 2.19 bits per heavy atom. The molecule has 1 aromatic heterocycles. The first-order valence-electron chi connectivity index (χ1n) is 6.73. The molecule has 6 nitrogen and oxygen atoms in total. The van der Waals surface area contributed by atoms with Crippen LogP contribution in [0.2, 0.25) is 0 Å². The van der Waals surface area contributed by atoms with Crippen LogP contribution in [0.3, 0.4) is 0 Å². The van der Waals surface area contributed by atoms with Crippen LogP contribution in [0.15, 0.2) is 12.1 Å². The zero-order valence-electron chi connectivity index (χ0n) is 12.3. The summed E-state index contributed by atoms with van der Waals surface area (Å²) in [4.78, 5) is 15.2. The Labute approximate surface area is 127 Å². The number of aryl methyl sites for hydroxylation is 1. The summed E-state index contributed by atoms with van der Waals surface area (Å²) in [6.07, 6.45) is 0.631. The van der Waals surface area contributed by atoms with Crippen LogP contribution < -0.4 is 5.32 Å². The standard InChI is InChI=1S/C14H19N3O3S/c1-9-16-11-6-10(15-8-14(2,3)4-5-18)12(17(19)20)7-13(11)21-9/h6-7,15,18H,4-5,8H2,1-3H3. The minimum Gasteiger partial charge on any atom is -0.396 e. The minimum absolute atomic E-state index is 0.0611. The SMILES string of the molecule is Cc1nc2cc(NCC(C)(C)CCO)c([N+](=O)[O-])cc2s1. The van der Waals surface area contributed by atoms with E-state index in [4.69, 9.17) is 5.11 Å². The number of anilines is 1. The fourth-order valence-electron chi connectivity index (χ4n) is 2.10. The highest BCUT2D eigenvalue weighted by Crippen LogP contribution is 2.33. The van der Waals surface area contributed by atoms with Gasteiger partial charge in [0.25, 0.3) is 5.69 Å². The van der Waals surface area contributed by atoms with Crippen molar-refractivity contribution in [3.05, 3.63) is 27.3 Å². The van der Waals surface area contributed by atoms with Crippen molar-refractivity contribution in [2.45, 2.75) is 27.2 Å². The molecule has 0 unspecified atom stereocenters. The van der Waals surface area contributed by atoms with Gasteiger partial charge in [-0.05, 0) is 24.8 Å². The summed E-state index contributed by atoms with van der Waals surface area (Å²) in [5, 5.41) is 24.3. The Hall–Kier alpha value is -1.73. The van der Waals surface area contributed by atoms with E-state index in [9.17, 15) is 10.1 Å². The van der Waals surface area contributed by atoms with Gasteiger partial charge in [0, 0.05) is 19.2 Å². The van der Waals surface area contributed by atoms with E-state index in [0.717, 1.165) is 15.2 Å². The van der Waals surface area contributed by atoms with E-state index in [0.29, 0.717) is 18.7 Å². The molecule has 0 radical (unpaired) electrons. The van der Waals surface area contributed by atoms with Crippen LogP contribution in [0.5, 0.6) is 0 Å². The van der Waals surface area contributed by atoms with Gasteiger partial charge >= 0.3 is 0 Å². The van der Waals surface area contributed by atoms with Crippen molar-refractivity contribution in [1.82, 2.24) is 4.98 Å². The Morgan fingerprint density at radius 3 is 2.81 bits per heavy atom. The second-order valence-electron chi connectivity index (χ2n) is 5.82. The molecule has 0 aliphatic rings. The Morgan fingerprint density at radius 1 is 1.48 bits per heavy atom. The third-order valence-electron chi connectivity index (χ3n) is 3.36. The van der Waals surface area contributed by atoms with E-state index in [1.54, 1.807) is 12.1 Å². The van der Waals surface area contributed by atoms with Crippen molar-refractivity contribution >= 4 is 32.9 Å². The molecule has 0 fully saturated rings. The molecular weight excluding hydrogens is 290 g/mol. The van der Waals surface area contributed by atoms with Gasteiger partial charge in [-0.1, -0.05) is 13.8 Å². The molecule has 0 saturated carbocycles. The smallest absolute Gasteiger partial charge is 0.293 e. The lowest BCUT2D eigenvalue weighted by Crippen LogP contribution is -2.24. The van der Waals surface area contributed by atoms with Gasteiger partial charge in [0.2, 0.25) is 0 Å². The summed E-state index contributed by atoms with van der Waals surface area (Å²) in [5.74, 6) is 0. The molecule has 0 atom stereocenters. The molecule has 1 heterocycles. The van der Waals surface area contributed by atoms with Gasteiger partial charge in [0.05, 0.1) is 20.1 Å². The first-order chi connectivity index (χ1) is 9.82. The van der Waals surface area contributed by atoms with Crippen LogP contribution >= 0.6 is 11.3 Å². The van der Waals surface area contributed by atoms with Crippen LogP contribution in [-0.4, -0.2) is 28.2 Å². The number of aliphatic hydroxyl groups excluding tert-OH is 1. The van der Waals surface area contributed by atoms with E-state index >= 15 is 0 Å². The van der Waals surface area contributed by atoms with Crippen LogP contribution in [0.4, 0.5) is 11.4 Å². The lowest BCUT2D eigenvalue weighted by Gasteiger charge is -2.24. The van der Waals surface area contributed by atoms with Crippen molar-refractivity contribution in [2.75, 3.05) is 18.5 Å². The van der Waals surface area contributed by atoms with Crippen molar-refractivity contribution in [2.24, 2.45) is 5.41 Å². The molecule has 0 spiro atoms. The summed E-state index contributed by atoms with van der Waals surface area (Å²) in [5.41, 5.74) is 1.16. The Balaban J connectivity index is 2.32. The van der Waals surface area contributed by atoms with E-state index < -0.39 is 0 Å². The van der Waals surface area contributed by atoms with Gasteiger partial charge in [-0.3, -0.25) is 10.1 Å². The van der Waals surface area contributed by atoms with Gasteiger partial charge in [0.15, 0.2) is 0 Å². The van der Waals surface area contributed by atoms with Crippen LogP contribution in [0.1, 0.15) is 25.3 Å². The van der Waals surface area contributed by atoms with Crippen LogP contribution in [0, 0.1) is 22.5 Å². The topological polar surface area (TPSA) is 88.3 Å². The zero-order chi connectivity index (χ0) is 15.6.